The molecule has 94 valence electrons. The van der Waals surface area contributed by atoms with Crippen molar-refractivity contribution in [3.8, 4) is 5.75 Å². The van der Waals surface area contributed by atoms with Crippen LogP contribution in [-0.4, -0.2) is 12.5 Å². The number of hydrogen-bond acceptors (Lipinski definition) is 1. The molecule has 17 heavy (non-hydrogen) atoms. The maximum Gasteiger partial charge on any atom is 0.165 e. The van der Waals surface area contributed by atoms with Crippen LogP contribution in [0.15, 0.2) is 18.2 Å². The molecule has 3 heteroatoms. The molecule has 1 nitrogen and oxygen atoms in total. The van der Waals surface area contributed by atoms with Crippen LogP contribution in [0.3, 0.4) is 0 Å². The Morgan fingerprint density at radius 2 is 2.24 bits per heavy atom. The molecular weight excluding hydrogens is 239 g/mol. The van der Waals surface area contributed by atoms with Crippen molar-refractivity contribution in [1.82, 2.24) is 0 Å². The van der Waals surface area contributed by atoms with Crippen molar-refractivity contribution < 1.29 is 9.13 Å². The second-order valence-electron chi connectivity index (χ2n) is 4.80. The molecule has 0 spiro atoms. The quantitative estimate of drug-likeness (QED) is 0.738. The molecule has 2 atom stereocenters. The highest BCUT2D eigenvalue weighted by Crippen LogP contribution is 2.31. The maximum absolute atomic E-state index is 13.5. The van der Waals surface area contributed by atoms with Gasteiger partial charge in [-0.05, 0) is 42.9 Å². The lowest BCUT2D eigenvalue weighted by atomic mass is 9.84. The number of alkyl halides is 1. The third-order valence-electron chi connectivity index (χ3n) is 3.46. The first-order chi connectivity index (χ1) is 8.19. The standard InChI is InChI=1S/C14H18ClFO/c1-17-14-6-5-11(9-13(14)16)7-10-3-2-4-12(15)8-10/h5-6,9-10,12H,2-4,7-8H2,1H3. The van der Waals surface area contributed by atoms with Crippen molar-refractivity contribution in [3.05, 3.63) is 29.6 Å². The van der Waals surface area contributed by atoms with Gasteiger partial charge < -0.3 is 4.74 Å². The van der Waals surface area contributed by atoms with E-state index < -0.39 is 0 Å². The van der Waals surface area contributed by atoms with Crippen LogP contribution in [0.4, 0.5) is 4.39 Å². The highest BCUT2D eigenvalue weighted by molar-refractivity contribution is 6.20. The van der Waals surface area contributed by atoms with Crippen LogP contribution in [-0.2, 0) is 6.42 Å². The van der Waals surface area contributed by atoms with Crippen molar-refractivity contribution in [2.75, 3.05) is 7.11 Å². The van der Waals surface area contributed by atoms with E-state index in [1.807, 2.05) is 6.07 Å². The molecule has 1 saturated carbocycles. The Hall–Kier alpha value is -0.760. The van der Waals surface area contributed by atoms with Crippen LogP contribution in [0.2, 0.25) is 0 Å². The first-order valence-electron chi connectivity index (χ1n) is 6.15. The minimum absolute atomic E-state index is 0.275. The van der Waals surface area contributed by atoms with Gasteiger partial charge in [-0.15, -0.1) is 11.6 Å². The van der Waals surface area contributed by atoms with Gasteiger partial charge in [-0.1, -0.05) is 18.9 Å². The maximum atomic E-state index is 13.5. The zero-order valence-corrected chi connectivity index (χ0v) is 10.8. The lowest BCUT2D eigenvalue weighted by Gasteiger charge is -2.25. The second kappa shape index (κ2) is 5.72. The van der Waals surface area contributed by atoms with Crippen molar-refractivity contribution >= 4 is 11.6 Å². The Morgan fingerprint density at radius 3 is 2.88 bits per heavy atom. The van der Waals surface area contributed by atoms with Gasteiger partial charge in [-0.2, -0.15) is 0 Å². The first kappa shape index (κ1) is 12.7. The minimum atomic E-state index is -0.275. The van der Waals surface area contributed by atoms with E-state index >= 15 is 0 Å². The monoisotopic (exact) mass is 256 g/mol. The average Bonchev–Trinajstić information content (AvgIpc) is 2.29. The molecule has 1 aliphatic rings. The SMILES string of the molecule is COc1ccc(CC2CCCC(Cl)C2)cc1F. The molecule has 0 saturated heterocycles. The van der Waals surface area contributed by atoms with Gasteiger partial charge in [-0.3, -0.25) is 0 Å². The van der Waals surface area contributed by atoms with Crippen LogP contribution in [0, 0.1) is 11.7 Å². The molecule has 2 rings (SSSR count). The van der Waals surface area contributed by atoms with Crippen LogP contribution >= 0.6 is 11.6 Å². The molecule has 2 unspecified atom stereocenters. The third kappa shape index (κ3) is 3.35. The van der Waals surface area contributed by atoms with Crippen molar-refractivity contribution in [1.29, 1.82) is 0 Å². The summed E-state index contributed by atoms with van der Waals surface area (Å²) in [6.07, 6.45) is 5.49. The fourth-order valence-electron chi connectivity index (χ4n) is 2.58. The smallest absolute Gasteiger partial charge is 0.165 e. The molecule has 0 radical (unpaired) electrons. The number of benzene rings is 1. The number of hydrogen-bond donors (Lipinski definition) is 0. The Kier molecular flexibility index (Phi) is 4.27. The van der Waals surface area contributed by atoms with E-state index in [2.05, 4.69) is 0 Å². The molecule has 0 N–H and O–H groups in total. The summed E-state index contributed by atoms with van der Waals surface area (Å²) in [6, 6.07) is 5.22. The summed E-state index contributed by atoms with van der Waals surface area (Å²) >= 11 is 6.16. The molecule has 0 aromatic heterocycles. The molecule has 1 fully saturated rings. The minimum Gasteiger partial charge on any atom is -0.494 e. The first-order valence-corrected chi connectivity index (χ1v) is 6.59. The van der Waals surface area contributed by atoms with Crippen LogP contribution < -0.4 is 4.74 Å². The lowest BCUT2D eigenvalue weighted by Crippen LogP contribution is -2.17. The summed E-state index contributed by atoms with van der Waals surface area (Å²) in [4.78, 5) is 0. The van der Waals surface area contributed by atoms with Crippen molar-refractivity contribution in [2.24, 2.45) is 5.92 Å². The van der Waals surface area contributed by atoms with Crippen molar-refractivity contribution in [2.45, 2.75) is 37.5 Å². The summed E-state index contributed by atoms with van der Waals surface area (Å²) in [5.74, 6) is 0.634. The fraction of sp³-hybridized carbons (Fsp3) is 0.571. The largest absolute Gasteiger partial charge is 0.494 e. The Labute approximate surface area is 107 Å². The van der Waals surface area contributed by atoms with E-state index in [0.717, 1.165) is 24.8 Å². The zero-order chi connectivity index (χ0) is 12.3. The van der Waals surface area contributed by atoms with Crippen molar-refractivity contribution in [3.63, 3.8) is 0 Å². The van der Waals surface area contributed by atoms with Crippen LogP contribution in [0.5, 0.6) is 5.75 Å². The summed E-state index contributed by atoms with van der Waals surface area (Å²) < 4.78 is 18.4. The zero-order valence-electron chi connectivity index (χ0n) is 10.1. The van der Waals surface area contributed by atoms with E-state index in [4.69, 9.17) is 16.3 Å². The fourth-order valence-corrected chi connectivity index (χ4v) is 2.99. The molecule has 0 amide bonds. The predicted molar refractivity (Wildman–Crippen MR) is 68.3 cm³/mol. The van der Waals surface area contributed by atoms with Crippen LogP contribution in [0.1, 0.15) is 31.2 Å². The number of halogens is 2. The summed E-state index contributed by atoms with van der Waals surface area (Å²) in [6.45, 7) is 0. The molecule has 1 aliphatic carbocycles. The summed E-state index contributed by atoms with van der Waals surface area (Å²) in [7, 11) is 1.48. The average molecular weight is 257 g/mol. The van der Waals surface area contributed by atoms with Crippen LogP contribution in [0.25, 0.3) is 0 Å². The lowest BCUT2D eigenvalue weighted by molar-refractivity contribution is 0.359. The molecule has 1 aromatic rings. The second-order valence-corrected chi connectivity index (χ2v) is 5.42. The molecule has 0 aliphatic heterocycles. The summed E-state index contributed by atoms with van der Waals surface area (Å²) in [5.41, 5.74) is 1.04. The third-order valence-corrected chi connectivity index (χ3v) is 3.86. The predicted octanol–water partition coefficient (Wildman–Crippen LogP) is 4.17. The topological polar surface area (TPSA) is 9.23 Å². The highest BCUT2D eigenvalue weighted by atomic mass is 35.5. The van der Waals surface area contributed by atoms with E-state index in [-0.39, 0.29) is 5.82 Å². The molecule has 1 aromatic carbocycles. The van der Waals surface area contributed by atoms with Gasteiger partial charge in [0.25, 0.3) is 0 Å². The van der Waals surface area contributed by atoms with Gasteiger partial charge in [0.15, 0.2) is 11.6 Å². The van der Waals surface area contributed by atoms with Gasteiger partial charge in [0.1, 0.15) is 0 Å². The summed E-state index contributed by atoms with van der Waals surface area (Å²) in [5, 5.41) is 0.303. The number of ether oxygens (including phenoxy) is 1. The number of rotatable bonds is 3. The van der Waals surface area contributed by atoms with Gasteiger partial charge in [0.05, 0.1) is 7.11 Å². The molecule has 0 bridgehead atoms. The van der Waals surface area contributed by atoms with E-state index in [1.54, 1.807) is 12.1 Å². The normalized spacial score (nSPS) is 24.6. The van der Waals surface area contributed by atoms with E-state index in [0.29, 0.717) is 17.0 Å². The van der Waals surface area contributed by atoms with E-state index in [9.17, 15) is 4.39 Å². The van der Waals surface area contributed by atoms with Gasteiger partial charge >= 0.3 is 0 Å². The Bertz CT molecular complexity index is 380. The molecular formula is C14H18ClFO. The van der Waals surface area contributed by atoms with Gasteiger partial charge in [0.2, 0.25) is 0 Å². The van der Waals surface area contributed by atoms with E-state index in [1.165, 1.54) is 20.0 Å². The van der Waals surface area contributed by atoms with Gasteiger partial charge in [-0.25, -0.2) is 4.39 Å². The highest BCUT2D eigenvalue weighted by Gasteiger charge is 2.20. The number of methoxy groups -OCH3 is 1. The Morgan fingerprint density at radius 1 is 1.41 bits per heavy atom. The van der Waals surface area contributed by atoms with Gasteiger partial charge in [0, 0.05) is 5.38 Å². The molecule has 0 heterocycles. The Balaban J connectivity index is 2.00.